The van der Waals surface area contributed by atoms with Crippen LogP contribution >= 0.6 is 0 Å². The highest BCUT2D eigenvalue weighted by molar-refractivity contribution is 5.90. The zero-order valence-corrected chi connectivity index (χ0v) is 14.2. The van der Waals surface area contributed by atoms with Gasteiger partial charge in [-0.1, -0.05) is 63.2 Å². The molecule has 0 spiro atoms. The maximum atomic E-state index is 12.0. The second-order valence-electron chi connectivity index (χ2n) is 6.79. The highest BCUT2D eigenvalue weighted by Crippen LogP contribution is 2.23. The van der Waals surface area contributed by atoms with E-state index < -0.39 is 0 Å². The zero-order valence-electron chi connectivity index (χ0n) is 14.2. The van der Waals surface area contributed by atoms with Gasteiger partial charge in [0.05, 0.1) is 0 Å². The molecule has 3 heteroatoms. The zero-order chi connectivity index (χ0) is 16.7. The Morgan fingerprint density at radius 1 is 0.957 bits per heavy atom. The average Bonchev–Trinajstić information content (AvgIpc) is 2.52. The van der Waals surface area contributed by atoms with E-state index in [4.69, 9.17) is 0 Å². The van der Waals surface area contributed by atoms with Crippen molar-refractivity contribution in [2.45, 2.75) is 39.2 Å². The Labute approximate surface area is 139 Å². The predicted octanol–water partition coefficient (Wildman–Crippen LogP) is 4.10. The highest BCUT2D eigenvalue weighted by Gasteiger charge is 2.13. The summed E-state index contributed by atoms with van der Waals surface area (Å²) in [7, 11) is 0. The molecule has 0 aliphatic carbocycles. The lowest BCUT2D eigenvalue weighted by atomic mass is 9.87. The molecule has 3 nitrogen and oxygen atoms in total. The summed E-state index contributed by atoms with van der Waals surface area (Å²) in [6.45, 7) is 7.99. The van der Waals surface area contributed by atoms with Crippen molar-refractivity contribution < 1.29 is 4.79 Å². The monoisotopic (exact) mass is 310 g/mol. The molecule has 0 aliphatic heterocycles. The topological polar surface area (TPSA) is 41.1 Å². The van der Waals surface area contributed by atoms with Crippen LogP contribution in [0.1, 0.15) is 38.3 Å². The van der Waals surface area contributed by atoms with Gasteiger partial charge in [0.2, 0.25) is 5.91 Å². The first kappa shape index (κ1) is 17.2. The largest absolute Gasteiger partial charge is 0.326 e. The fraction of sp³-hybridized carbons (Fsp3) is 0.350. The van der Waals surface area contributed by atoms with Gasteiger partial charge in [-0.05, 0) is 28.7 Å². The molecule has 0 fully saturated rings. The fourth-order valence-electron chi connectivity index (χ4n) is 2.31. The molecule has 0 aliphatic rings. The Balaban J connectivity index is 1.72. The smallest absolute Gasteiger partial charge is 0.225 e. The minimum Gasteiger partial charge on any atom is -0.326 e. The van der Waals surface area contributed by atoms with Gasteiger partial charge >= 0.3 is 0 Å². The number of nitrogens with one attached hydrogen (secondary N) is 2. The van der Waals surface area contributed by atoms with Crippen molar-refractivity contribution in [3.05, 3.63) is 65.7 Å². The van der Waals surface area contributed by atoms with Crippen molar-refractivity contribution in [1.82, 2.24) is 5.32 Å². The van der Waals surface area contributed by atoms with E-state index >= 15 is 0 Å². The highest BCUT2D eigenvalue weighted by atomic mass is 16.1. The van der Waals surface area contributed by atoms with Gasteiger partial charge < -0.3 is 10.6 Å². The van der Waals surface area contributed by atoms with E-state index in [0.29, 0.717) is 13.0 Å². The minimum atomic E-state index is 0.0362. The molecule has 0 heterocycles. The summed E-state index contributed by atoms with van der Waals surface area (Å²) >= 11 is 0. The summed E-state index contributed by atoms with van der Waals surface area (Å²) in [5.74, 6) is 0.0362. The van der Waals surface area contributed by atoms with Crippen LogP contribution in [-0.4, -0.2) is 12.5 Å². The Morgan fingerprint density at radius 2 is 1.61 bits per heavy atom. The molecular weight excluding hydrogens is 284 g/mol. The second-order valence-corrected chi connectivity index (χ2v) is 6.79. The minimum absolute atomic E-state index is 0.0362. The van der Waals surface area contributed by atoms with E-state index in [1.807, 2.05) is 30.3 Å². The van der Waals surface area contributed by atoms with Crippen LogP contribution in [0.4, 0.5) is 5.69 Å². The summed E-state index contributed by atoms with van der Waals surface area (Å²) in [5, 5.41) is 6.23. The molecule has 1 amide bonds. The van der Waals surface area contributed by atoms with Gasteiger partial charge in [0.25, 0.3) is 0 Å². The van der Waals surface area contributed by atoms with Gasteiger partial charge in [-0.2, -0.15) is 0 Å². The van der Waals surface area contributed by atoms with E-state index in [2.05, 4.69) is 55.7 Å². The van der Waals surface area contributed by atoms with Crippen LogP contribution in [0, 0.1) is 0 Å². The van der Waals surface area contributed by atoms with Crippen LogP contribution in [0.15, 0.2) is 54.6 Å². The molecule has 0 bridgehead atoms. The number of amides is 1. The molecule has 122 valence electrons. The lowest BCUT2D eigenvalue weighted by molar-refractivity contribution is -0.116. The van der Waals surface area contributed by atoms with Crippen LogP contribution in [0.2, 0.25) is 0 Å². The van der Waals surface area contributed by atoms with Crippen molar-refractivity contribution >= 4 is 11.6 Å². The van der Waals surface area contributed by atoms with Gasteiger partial charge in [-0.15, -0.1) is 0 Å². The van der Waals surface area contributed by atoms with Crippen LogP contribution in [-0.2, 0) is 16.8 Å². The molecule has 0 radical (unpaired) electrons. The number of rotatable bonds is 6. The molecular formula is C20H26N2O. The van der Waals surface area contributed by atoms with Gasteiger partial charge in [-0.3, -0.25) is 4.79 Å². The Kier molecular flexibility index (Phi) is 5.94. The lowest BCUT2D eigenvalue weighted by Gasteiger charge is -2.19. The second kappa shape index (κ2) is 7.93. The summed E-state index contributed by atoms with van der Waals surface area (Å²) in [5.41, 5.74) is 3.47. The summed E-state index contributed by atoms with van der Waals surface area (Å²) in [4.78, 5) is 12.0. The molecule has 2 aromatic rings. The number of carbonyl (C=O) groups is 1. The average molecular weight is 310 g/mol. The van der Waals surface area contributed by atoms with E-state index in [1.54, 1.807) is 0 Å². The van der Waals surface area contributed by atoms with Crippen LogP contribution in [0.5, 0.6) is 0 Å². The molecule has 0 aromatic heterocycles. The van der Waals surface area contributed by atoms with Crippen molar-refractivity contribution in [1.29, 1.82) is 0 Å². The molecule has 2 rings (SSSR count). The Bertz CT molecular complexity index is 612. The van der Waals surface area contributed by atoms with E-state index in [-0.39, 0.29) is 11.3 Å². The number of benzene rings is 2. The van der Waals surface area contributed by atoms with Gasteiger partial charge in [0, 0.05) is 25.2 Å². The first-order valence-corrected chi connectivity index (χ1v) is 8.10. The van der Waals surface area contributed by atoms with Gasteiger partial charge in [0.15, 0.2) is 0 Å². The summed E-state index contributed by atoms with van der Waals surface area (Å²) in [6.07, 6.45) is 0.466. The third kappa shape index (κ3) is 5.87. The maximum absolute atomic E-state index is 12.0. The van der Waals surface area contributed by atoms with Crippen molar-refractivity contribution in [2.24, 2.45) is 0 Å². The predicted molar refractivity (Wildman–Crippen MR) is 96.5 cm³/mol. The van der Waals surface area contributed by atoms with E-state index in [1.165, 1.54) is 11.1 Å². The SMILES string of the molecule is CC(C)(C)c1ccc(NC(=O)CCNCc2ccccc2)cc1. The Morgan fingerprint density at radius 3 is 2.22 bits per heavy atom. The number of hydrogen-bond acceptors (Lipinski definition) is 2. The number of hydrogen-bond donors (Lipinski definition) is 2. The lowest BCUT2D eigenvalue weighted by Crippen LogP contribution is -2.21. The van der Waals surface area contributed by atoms with Crippen LogP contribution in [0.3, 0.4) is 0 Å². The Hall–Kier alpha value is -2.13. The van der Waals surface area contributed by atoms with Crippen LogP contribution < -0.4 is 10.6 Å². The quantitative estimate of drug-likeness (QED) is 0.789. The number of carbonyl (C=O) groups excluding carboxylic acids is 1. The van der Waals surface area contributed by atoms with Gasteiger partial charge in [0.1, 0.15) is 0 Å². The fourth-order valence-corrected chi connectivity index (χ4v) is 2.31. The molecule has 0 saturated heterocycles. The van der Waals surface area contributed by atoms with E-state index in [9.17, 15) is 4.79 Å². The third-order valence-electron chi connectivity index (χ3n) is 3.74. The van der Waals surface area contributed by atoms with Crippen LogP contribution in [0.25, 0.3) is 0 Å². The summed E-state index contributed by atoms with van der Waals surface area (Å²) in [6, 6.07) is 18.3. The normalized spacial score (nSPS) is 11.3. The maximum Gasteiger partial charge on any atom is 0.225 e. The molecule has 0 atom stereocenters. The van der Waals surface area contributed by atoms with Crippen molar-refractivity contribution in [2.75, 3.05) is 11.9 Å². The molecule has 0 saturated carbocycles. The van der Waals surface area contributed by atoms with Crippen molar-refractivity contribution in [3.63, 3.8) is 0 Å². The van der Waals surface area contributed by atoms with Crippen molar-refractivity contribution in [3.8, 4) is 0 Å². The van der Waals surface area contributed by atoms with E-state index in [0.717, 1.165) is 12.2 Å². The van der Waals surface area contributed by atoms with Gasteiger partial charge in [-0.25, -0.2) is 0 Å². The number of anilines is 1. The molecule has 2 N–H and O–H groups in total. The molecule has 2 aromatic carbocycles. The summed E-state index contributed by atoms with van der Waals surface area (Å²) < 4.78 is 0. The first-order chi connectivity index (χ1) is 10.9. The third-order valence-corrected chi connectivity index (χ3v) is 3.74. The standard InChI is InChI=1S/C20H26N2O/c1-20(2,3)17-9-11-18(12-10-17)22-19(23)13-14-21-15-16-7-5-4-6-8-16/h4-12,21H,13-15H2,1-3H3,(H,22,23). The first-order valence-electron chi connectivity index (χ1n) is 8.10. The molecule has 23 heavy (non-hydrogen) atoms. The molecule has 0 unspecified atom stereocenters.